The van der Waals surface area contributed by atoms with Gasteiger partial charge in [-0.05, 0) is 42.8 Å². The molecule has 1 aromatic heterocycles. The van der Waals surface area contributed by atoms with Crippen LogP contribution in [0.3, 0.4) is 0 Å². The quantitative estimate of drug-likeness (QED) is 0.732. The van der Waals surface area contributed by atoms with Crippen molar-refractivity contribution in [3.63, 3.8) is 0 Å². The third-order valence-electron chi connectivity index (χ3n) is 3.60. The lowest BCUT2D eigenvalue weighted by Gasteiger charge is -2.09. The van der Waals surface area contributed by atoms with E-state index in [2.05, 4.69) is 9.82 Å². The molecule has 1 N–H and O–H groups in total. The third-order valence-corrected chi connectivity index (χ3v) is 4.98. The predicted octanol–water partition coefficient (Wildman–Crippen LogP) is 3.58. The van der Waals surface area contributed by atoms with Gasteiger partial charge in [0.1, 0.15) is 11.5 Å². The van der Waals surface area contributed by atoms with Gasteiger partial charge in [0.15, 0.2) is 0 Å². The molecule has 0 unspecified atom stereocenters. The summed E-state index contributed by atoms with van der Waals surface area (Å²) in [4.78, 5) is 0.166. The first-order valence-electron chi connectivity index (χ1n) is 7.86. The average molecular weight is 357 g/mol. The molecular formula is C18H19N3O3S. The molecule has 0 saturated heterocycles. The van der Waals surface area contributed by atoms with Crippen LogP contribution in [-0.2, 0) is 23.5 Å². The summed E-state index contributed by atoms with van der Waals surface area (Å²) in [5.41, 5.74) is 1.20. The van der Waals surface area contributed by atoms with Crippen molar-refractivity contribution in [2.75, 3.05) is 4.72 Å². The van der Waals surface area contributed by atoms with Crippen molar-refractivity contribution in [1.82, 2.24) is 9.78 Å². The number of benzene rings is 2. The Balaban J connectivity index is 1.78. The van der Waals surface area contributed by atoms with Gasteiger partial charge in [0, 0.05) is 13.2 Å². The standard InChI is InChI=1S/C18H19N3O3S/c1-3-17-18(13-21(2)19-17)20-25(22,23)16-11-9-15(10-12-16)24-14-7-5-4-6-8-14/h4-13,20H,3H2,1-2H3. The number of hydrogen-bond acceptors (Lipinski definition) is 4. The molecule has 1 heterocycles. The first-order valence-corrected chi connectivity index (χ1v) is 9.34. The van der Waals surface area contributed by atoms with Gasteiger partial charge in [-0.2, -0.15) is 5.10 Å². The zero-order valence-corrected chi connectivity index (χ0v) is 14.8. The van der Waals surface area contributed by atoms with Gasteiger partial charge in [-0.3, -0.25) is 9.40 Å². The van der Waals surface area contributed by atoms with Crippen molar-refractivity contribution < 1.29 is 13.2 Å². The molecule has 0 aliphatic rings. The van der Waals surface area contributed by atoms with Crippen molar-refractivity contribution in [3.8, 4) is 11.5 Å². The highest BCUT2D eigenvalue weighted by Gasteiger charge is 2.17. The molecule has 2 aromatic carbocycles. The SMILES string of the molecule is CCc1nn(C)cc1NS(=O)(=O)c1ccc(Oc2ccccc2)cc1. The Labute approximate surface area is 147 Å². The van der Waals surface area contributed by atoms with Gasteiger partial charge in [-0.25, -0.2) is 8.42 Å². The Morgan fingerprint density at radius 3 is 2.32 bits per heavy atom. The maximum atomic E-state index is 12.6. The normalized spacial score (nSPS) is 11.3. The number of aryl methyl sites for hydroxylation is 2. The van der Waals surface area contributed by atoms with E-state index in [-0.39, 0.29) is 4.90 Å². The summed E-state index contributed by atoms with van der Waals surface area (Å²) in [5, 5.41) is 4.24. The number of anilines is 1. The minimum atomic E-state index is -3.68. The van der Waals surface area contributed by atoms with E-state index < -0.39 is 10.0 Å². The highest BCUT2D eigenvalue weighted by Crippen LogP contribution is 2.24. The third kappa shape index (κ3) is 4.00. The lowest BCUT2D eigenvalue weighted by molar-refractivity contribution is 0.482. The molecular weight excluding hydrogens is 338 g/mol. The van der Waals surface area contributed by atoms with Crippen LogP contribution in [0.5, 0.6) is 11.5 Å². The first-order chi connectivity index (χ1) is 12.0. The molecule has 0 saturated carbocycles. The lowest BCUT2D eigenvalue weighted by Crippen LogP contribution is -2.13. The van der Waals surface area contributed by atoms with E-state index in [1.165, 1.54) is 12.1 Å². The van der Waals surface area contributed by atoms with Crippen LogP contribution in [-0.4, -0.2) is 18.2 Å². The number of para-hydroxylation sites is 1. The van der Waals surface area contributed by atoms with Gasteiger partial charge < -0.3 is 4.74 Å². The number of hydrogen-bond donors (Lipinski definition) is 1. The smallest absolute Gasteiger partial charge is 0.262 e. The fraction of sp³-hybridized carbons (Fsp3) is 0.167. The molecule has 3 aromatic rings. The van der Waals surface area contributed by atoms with Crippen LogP contribution >= 0.6 is 0 Å². The maximum Gasteiger partial charge on any atom is 0.262 e. The summed E-state index contributed by atoms with van der Waals surface area (Å²) in [6.07, 6.45) is 2.30. The molecule has 25 heavy (non-hydrogen) atoms. The van der Waals surface area contributed by atoms with Crippen molar-refractivity contribution in [3.05, 3.63) is 66.5 Å². The largest absolute Gasteiger partial charge is 0.457 e. The Bertz CT molecular complexity index is 949. The van der Waals surface area contributed by atoms with E-state index >= 15 is 0 Å². The second kappa shape index (κ2) is 6.98. The molecule has 0 aliphatic heterocycles. The average Bonchev–Trinajstić information content (AvgIpc) is 2.95. The van der Waals surface area contributed by atoms with Crippen LogP contribution < -0.4 is 9.46 Å². The van der Waals surface area contributed by atoms with E-state index in [1.54, 1.807) is 30.1 Å². The van der Waals surface area contributed by atoms with Gasteiger partial charge in [0.05, 0.1) is 16.3 Å². The number of ether oxygens (including phenoxy) is 1. The Hall–Kier alpha value is -2.80. The molecule has 0 fully saturated rings. The monoisotopic (exact) mass is 357 g/mol. The minimum Gasteiger partial charge on any atom is -0.457 e. The molecule has 0 amide bonds. The Morgan fingerprint density at radius 1 is 1.04 bits per heavy atom. The highest BCUT2D eigenvalue weighted by atomic mass is 32.2. The van der Waals surface area contributed by atoms with E-state index in [0.29, 0.717) is 29.3 Å². The summed E-state index contributed by atoms with van der Waals surface area (Å²) >= 11 is 0. The van der Waals surface area contributed by atoms with Crippen LogP contribution in [0, 0.1) is 0 Å². The van der Waals surface area contributed by atoms with Crippen molar-refractivity contribution in [1.29, 1.82) is 0 Å². The molecule has 0 aliphatic carbocycles. The predicted molar refractivity (Wildman–Crippen MR) is 96.4 cm³/mol. The van der Waals surface area contributed by atoms with Crippen molar-refractivity contribution in [2.45, 2.75) is 18.2 Å². The second-order valence-electron chi connectivity index (χ2n) is 5.51. The number of rotatable bonds is 6. The maximum absolute atomic E-state index is 12.6. The second-order valence-corrected chi connectivity index (χ2v) is 7.19. The van der Waals surface area contributed by atoms with Gasteiger partial charge in [0.25, 0.3) is 10.0 Å². The first kappa shape index (κ1) is 17.0. The number of nitrogens with one attached hydrogen (secondary N) is 1. The summed E-state index contributed by atoms with van der Waals surface area (Å²) in [6.45, 7) is 1.93. The fourth-order valence-electron chi connectivity index (χ4n) is 2.40. The topological polar surface area (TPSA) is 73.2 Å². The molecule has 7 heteroatoms. The van der Waals surface area contributed by atoms with E-state index in [1.807, 2.05) is 37.3 Å². The zero-order chi connectivity index (χ0) is 17.9. The molecule has 0 spiro atoms. The number of aromatic nitrogens is 2. The van der Waals surface area contributed by atoms with E-state index in [4.69, 9.17) is 4.74 Å². The van der Waals surface area contributed by atoms with Crippen LogP contribution in [0.25, 0.3) is 0 Å². The molecule has 0 atom stereocenters. The van der Waals surface area contributed by atoms with Gasteiger partial charge in [0.2, 0.25) is 0 Å². The van der Waals surface area contributed by atoms with Gasteiger partial charge >= 0.3 is 0 Å². The summed E-state index contributed by atoms with van der Waals surface area (Å²) in [5.74, 6) is 1.26. The number of nitrogens with zero attached hydrogens (tertiary/aromatic N) is 2. The van der Waals surface area contributed by atoms with Crippen molar-refractivity contribution in [2.24, 2.45) is 7.05 Å². The summed E-state index contributed by atoms with van der Waals surface area (Å²) in [7, 11) is -1.92. The fourth-order valence-corrected chi connectivity index (χ4v) is 3.47. The van der Waals surface area contributed by atoms with Gasteiger partial charge in [-0.1, -0.05) is 25.1 Å². The molecule has 0 bridgehead atoms. The molecule has 0 radical (unpaired) electrons. The van der Waals surface area contributed by atoms with Crippen LogP contribution in [0.15, 0.2) is 65.7 Å². The Morgan fingerprint density at radius 2 is 1.68 bits per heavy atom. The summed E-state index contributed by atoms with van der Waals surface area (Å²) < 4.78 is 35.0. The lowest BCUT2D eigenvalue weighted by atomic mass is 10.3. The Kier molecular flexibility index (Phi) is 4.76. The zero-order valence-electron chi connectivity index (χ0n) is 14.0. The molecule has 130 valence electrons. The van der Waals surface area contributed by atoms with Crippen LogP contribution in [0.4, 0.5) is 5.69 Å². The van der Waals surface area contributed by atoms with Crippen molar-refractivity contribution >= 4 is 15.7 Å². The molecule has 6 nitrogen and oxygen atoms in total. The van der Waals surface area contributed by atoms with Crippen LogP contribution in [0.2, 0.25) is 0 Å². The van der Waals surface area contributed by atoms with E-state index in [0.717, 1.165) is 0 Å². The highest BCUT2D eigenvalue weighted by molar-refractivity contribution is 7.92. The van der Waals surface area contributed by atoms with Crippen LogP contribution in [0.1, 0.15) is 12.6 Å². The summed E-state index contributed by atoms with van der Waals surface area (Å²) in [6, 6.07) is 15.6. The van der Waals surface area contributed by atoms with E-state index in [9.17, 15) is 8.42 Å². The molecule has 3 rings (SSSR count). The van der Waals surface area contributed by atoms with Gasteiger partial charge in [-0.15, -0.1) is 0 Å². The minimum absolute atomic E-state index is 0.166. The number of sulfonamides is 1.